The zero-order valence-electron chi connectivity index (χ0n) is 9.97. The second-order valence-electron chi connectivity index (χ2n) is 3.61. The Hall–Kier alpha value is -2.05. The highest BCUT2D eigenvalue weighted by Gasteiger charge is 2.13. The molecule has 0 spiro atoms. The summed E-state index contributed by atoms with van der Waals surface area (Å²) < 4.78 is 1.61. The normalized spacial score (nSPS) is 11.5. The average Bonchev–Trinajstić information content (AvgIpc) is 2.70. The topological polar surface area (TPSA) is 106 Å². The van der Waals surface area contributed by atoms with E-state index in [1.54, 1.807) is 17.9 Å². The highest BCUT2D eigenvalue weighted by atomic mass is 16.4. The van der Waals surface area contributed by atoms with Crippen LogP contribution in [-0.4, -0.2) is 33.3 Å². The number of nitrogens with two attached hydrogens (primary N) is 1. The van der Waals surface area contributed by atoms with Crippen LogP contribution in [0.25, 0.3) is 0 Å². The molecule has 0 atom stereocenters. The predicted octanol–water partition coefficient (Wildman–Crippen LogP) is -0.151. The first-order valence-electron chi connectivity index (χ1n) is 5.35. The number of aromatic nitrogens is 2. The molecule has 0 fully saturated rings. The van der Waals surface area contributed by atoms with Crippen LogP contribution in [0.5, 0.6) is 0 Å². The van der Waals surface area contributed by atoms with Crippen molar-refractivity contribution in [2.24, 2.45) is 17.9 Å². The summed E-state index contributed by atoms with van der Waals surface area (Å²) in [6, 6.07) is 0. The lowest BCUT2D eigenvalue weighted by molar-refractivity contribution is 0.0953. The molecule has 0 saturated carbocycles. The number of rotatable bonds is 5. The van der Waals surface area contributed by atoms with Crippen molar-refractivity contribution in [2.75, 3.05) is 6.54 Å². The number of carbonyl (C=O) groups is 1. The summed E-state index contributed by atoms with van der Waals surface area (Å²) in [5, 5.41) is 18.0. The molecule has 4 N–H and O–H groups in total. The maximum absolute atomic E-state index is 11.8. The van der Waals surface area contributed by atoms with E-state index in [4.69, 9.17) is 10.9 Å². The van der Waals surface area contributed by atoms with Crippen LogP contribution in [0.15, 0.2) is 11.4 Å². The van der Waals surface area contributed by atoms with Crippen molar-refractivity contribution in [1.29, 1.82) is 0 Å². The molecule has 1 aromatic rings. The van der Waals surface area contributed by atoms with E-state index in [0.29, 0.717) is 24.9 Å². The van der Waals surface area contributed by atoms with E-state index < -0.39 is 0 Å². The molecule has 0 aliphatic rings. The third-order valence-corrected chi connectivity index (χ3v) is 2.28. The minimum absolute atomic E-state index is 0.0900. The number of oxime groups is 1. The van der Waals surface area contributed by atoms with Gasteiger partial charge in [0.15, 0.2) is 0 Å². The lowest BCUT2D eigenvalue weighted by Gasteiger charge is -2.03. The Kier molecular flexibility index (Phi) is 4.50. The van der Waals surface area contributed by atoms with Gasteiger partial charge in [-0.25, -0.2) is 0 Å². The van der Waals surface area contributed by atoms with Gasteiger partial charge in [0.25, 0.3) is 5.91 Å². The van der Waals surface area contributed by atoms with Crippen molar-refractivity contribution >= 4 is 11.7 Å². The van der Waals surface area contributed by atoms with Gasteiger partial charge in [0, 0.05) is 26.2 Å². The molecule has 94 valence electrons. The van der Waals surface area contributed by atoms with Crippen LogP contribution >= 0.6 is 0 Å². The molecule has 7 heteroatoms. The van der Waals surface area contributed by atoms with Crippen LogP contribution in [0.2, 0.25) is 0 Å². The Bertz CT molecular complexity index is 424. The number of amides is 1. The Morgan fingerprint density at radius 1 is 1.71 bits per heavy atom. The van der Waals surface area contributed by atoms with Crippen LogP contribution < -0.4 is 11.1 Å². The molecule has 1 rings (SSSR count). The zero-order chi connectivity index (χ0) is 12.8. The van der Waals surface area contributed by atoms with Crippen molar-refractivity contribution in [3.05, 3.63) is 17.5 Å². The summed E-state index contributed by atoms with van der Waals surface area (Å²) in [5.74, 6) is -0.104. The van der Waals surface area contributed by atoms with Crippen LogP contribution in [0.3, 0.4) is 0 Å². The van der Waals surface area contributed by atoms with E-state index in [0.717, 1.165) is 5.69 Å². The largest absolute Gasteiger partial charge is 0.409 e. The second-order valence-corrected chi connectivity index (χ2v) is 3.61. The first-order valence-corrected chi connectivity index (χ1v) is 5.35. The lowest BCUT2D eigenvalue weighted by atomic mass is 10.2. The third-order valence-electron chi connectivity index (χ3n) is 2.28. The van der Waals surface area contributed by atoms with E-state index in [2.05, 4.69) is 15.6 Å². The van der Waals surface area contributed by atoms with Crippen LogP contribution in [-0.2, 0) is 13.5 Å². The van der Waals surface area contributed by atoms with Gasteiger partial charge < -0.3 is 16.3 Å². The summed E-state index contributed by atoms with van der Waals surface area (Å²) in [5.41, 5.74) is 6.61. The fourth-order valence-corrected chi connectivity index (χ4v) is 1.43. The molecule has 1 aromatic heterocycles. The van der Waals surface area contributed by atoms with E-state index in [-0.39, 0.29) is 11.7 Å². The molecule has 0 radical (unpaired) electrons. The Morgan fingerprint density at radius 3 is 3.00 bits per heavy atom. The fraction of sp³-hybridized carbons (Fsp3) is 0.500. The SMILES string of the molecule is CCc1nn(C)cc1C(=O)NCC/C(N)=N/O. The molecule has 0 saturated heterocycles. The number of hydrogen-bond acceptors (Lipinski definition) is 4. The molecule has 17 heavy (non-hydrogen) atoms. The summed E-state index contributed by atoms with van der Waals surface area (Å²) in [7, 11) is 1.77. The van der Waals surface area contributed by atoms with Crippen molar-refractivity contribution in [1.82, 2.24) is 15.1 Å². The minimum atomic E-state index is -0.194. The van der Waals surface area contributed by atoms with Gasteiger partial charge in [-0.3, -0.25) is 9.48 Å². The highest BCUT2D eigenvalue weighted by molar-refractivity contribution is 5.95. The predicted molar refractivity (Wildman–Crippen MR) is 62.9 cm³/mol. The van der Waals surface area contributed by atoms with Crippen molar-refractivity contribution in [3.8, 4) is 0 Å². The fourth-order valence-electron chi connectivity index (χ4n) is 1.43. The Labute approximate surface area is 99.3 Å². The van der Waals surface area contributed by atoms with Crippen molar-refractivity contribution < 1.29 is 10.0 Å². The second kappa shape index (κ2) is 5.88. The molecular weight excluding hydrogens is 222 g/mol. The van der Waals surface area contributed by atoms with E-state index in [1.807, 2.05) is 6.92 Å². The first-order chi connectivity index (χ1) is 8.08. The van der Waals surface area contributed by atoms with Crippen molar-refractivity contribution in [3.63, 3.8) is 0 Å². The number of carbonyl (C=O) groups excluding carboxylic acids is 1. The summed E-state index contributed by atoms with van der Waals surface area (Å²) >= 11 is 0. The third kappa shape index (κ3) is 3.47. The maximum Gasteiger partial charge on any atom is 0.254 e. The smallest absolute Gasteiger partial charge is 0.254 e. The monoisotopic (exact) mass is 239 g/mol. The minimum Gasteiger partial charge on any atom is -0.409 e. The van der Waals surface area contributed by atoms with Gasteiger partial charge in [-0.1, -0.05) is 12.1 Å². The molecule has 1 amide bonds. The molecule has 0 aliphatic heterocycles. The molecule has 0 unspecified atom stereocenters. The van der Waals surface area contributed by atoms with E-state index in [9.17, 15) is 4.79 Å². The molecule has 0 aromatic carbocycles. The van der Waals surface area contributed by atoms with Gasteiger partial charge in [0.2, 0.25) is 0 Å². The molecule has 0 aliphatic carbocycles. The molecule has 0 bridgehead atoms. The van der Waals surface area contributed by atoms with Crippen LogP contribution in [0, 0.1) is 0 Å². The van der Waals surface area contributed by atoms with E-state index >= 15 is 0 Å². The molecular formula is C10H17N5O2. The number of hydrogen-bond donors (Lipinski definition) is 3. The zero-order valence-corrected chi connectivity index (χ0v) is 9.97. The van der Waals surface area contributed by atoms with Gasteiger partial charge in [-0.05, 0) is 6.42 Å². The molecule has 7 nitrogen and oxygen atoms in total. The standard InChI is InChI=1S/C10H17N5O2/c1-3-8-7(6-15(2)13-8)10(16)12-5-4-9(11)14-17/h6,17H,3-5H2,1-2H3,(H2,11,14)(H,12,16). The van der Waals surface area contributed by atoms with Gasteiger partial charge in [0.1, 0.15) is 5.84 Å². The number of nitrogens with one attached hydrogen (secondary N) is 1. The quantitative estimate of drug-likeness (QED) is 0.287. The van der Waals surface area contributed by atoms with Crippen LogP contribution in [0.4, 0.5) is 0 Å². The Morgan fingerprint density at radius 2 is 2.41 bits per heavy atom. The maximum atomic E-state index is 11.8. The summed E-state index contributed by atoms with van der Waals surface area (Å²) in [4.78, 5) is 11.8. The number of aryl methyl sites for hydroxylation is 2. The summed E-state index contributed by atoms with van der Waals surface area (Å²) in [6.45, 7) is 2.27. The van der Waals surface area contributed by atoms with Gasteiger partial charge >= 0.3 is 0 Å². The van der Waals surface area contributed by atoms with Gasteiger partial charge in [-0.2, -0.15) is 5.10 Å². The lowest BCUT2D eigenvalue weighted by Crippen LogP contribution is -2.28. The highest BCUT2D eigenvalue weighted by Crippen LogP contribution is 2.06. The first kappa shape index (κ1) is 13.0. The summed E-state index contributed by atoms with van der Waals surface area (Å²) in [6.07, 6.45) is 2.69. The molecule has 1 heterocycles. The van der Waals surface area contributed by atoms with E-state index in [1.165, 1.54) is 0 Å². The van der Waals surface area contributed by atoms with Gasteiger partial charge in [-0.15, -0.1) is 0 Å². The van der Waals surface area contributed by atoms with Crippen molar-refractivity contribution in [2.45, 2.75) is 19.8 Å². The van der Waals surface area contributed by atoms with Crippen LogP contribution in [0.1, 0.15) is 29.4 Å². The average molecular weight is 239 g/mol. The number of nitrogens with zero attached hydrogens (tertiary/aromatic N) is 3. The van der Waals surface area contributed by atoms with Gasteiger partial charge in [0.05, 0.1) is 11.3 Å². The Balaban J connectivity index is 2.58. The number of amidine groups is 1.